The van der Waals surface area contributed by atoms with Gasteiger partial charge in [-0.1, -0.05) is 26.7 Å². The summed E-state index contributed by atoms with van der Waals surface area (Å²) in [5.41, 5.74) is 0.661. The number of ketones is 1. The van der Waals surface area contributed by atoms with Crippen molar-refractivity contribution in [2.24, 2.45) is 0 Å². The van der Waals surface area contributed by atoms with Crippen molar-refractivity contribution in [1.29, 1.82) is 0 Å². The standard InChI is InChI=1S/C16H24O3/c1-4-6-10-18-15-9-8-14(13(3)17)12-16(15)19-11-7-5-2/h8-9,12H,4-7,10-11H2,1-3H3. The Hall–Kier alpha value is -1.51. The quantitative estimate of drug-likeness (QED) is 0.494. The minimum atomic E-state index is 0.0421. The molecule has 106 valence electrons. The van der Waals surface area contributed by atoms with Crippen LogP contribution in [0.3, 0.4) is 0 Å². The lowest BCUT2D eigenvalue weighted by atomic mass is 10.1. The van der Waals surface area contributed by atoms with E-state index in [1.165, 1.54) is 0 Å². The van der Waals surface area contributed by atoms with Crippen LogP contribution in [0.15, 0.2) is 18.2 Å². The zero-order valence-electron chi connectivity index (χ0n) is 12.2. The summed E-state index contributed by atoms with van der Waals surface area (Å²) in [5, 5.41) is 0. The second kappa shape index (κ2) is 8.57. The molecule has 19 heavy (non-hydrogen) atoms. The molecule has 0 spiro atoms. The maximum Gasteiger partial charge on any atom is 0.161 e. The molecule has 0 aromatic heterocycles. The van der Waals surface area contributed by atoms with E-state index in [1.807, 2.05) is 6.07 Å². The molecule has 1 aromatic carbocycles. The average Bonchev–Trinajstić information content (AvgIpc) is 2.40. The molecule has 0 N–H and O–H groups in total. The van der Waals surface area contributed by atoms with Crippen LogP contribution in [0, 0.1) is 0 Å². The normalized spacial score (nSPS) is 10.3. The van der Waals surface area contributed by atoms with Gasteiger partial charge in [-0.05, 0) is 38.0 Å². The number of Topliss-reactive ketones (excluding diaryl/α,β-unsaturated/α-hetero) is 1. The molecule has 0 saturated heterocycles. The number of hydrogen-bond donors (Lipinski definition) is 0. The molecular formula is C16H24O3. The Balaban J connectivity index is 2.78. The highest BCUT2D eigenvalue weighted by atomic mass is 16.5. The lowest BCUT2D eigenvalue weighted by Crippen LogP contribution is -2.03. The van der Waals surface area contributed by atoms with Gasteiger partial charge < -0.3 is 9.47 Å². The summed E-state index contributed by atoms with van der Waals surface area (Å²) in [4.78, 5) is 11.4. The Morgan fingerprint density at radius 1 is 1.00 bits per heavy atom. The Morgan fingerprint density at radius 2 is 1.58 bits per heavy atom. The molecule has 0 saturated carbocycles. The van der Waals surface area contributed by atoms with Crippen LogP contribution in [-0.2, 0) is 0 Å². The van der Waals surface area contributed by atoms with E-state index >= 15 is 0 Å². The van der Waals surface area contributed by atoms with Gasteiger partial charge in [-0.2, -0.15) is 0 Å². The molecule has 0 bridgehead atoms. The molecule has 1 rings (SSSR count). The lowest BCUT2D eigenvalue weighted by Gasteiger charge is -2.13. The van der Waals surface area contributed by atoms with Gasteiger partial charge in [0.1, 0.15) is 0 Å². The summed E-state index contributed by atoms with van der Waals surface area (Å²) >= 11 is 0. The smallest absolute Gasteiger partial charge is 0.161 e. The molecule has 1 aromatic rings. The van der Waals surface area contributed by atoms with Crippen molar-refractivity contribution in [3.63, 3.8) is 0 Å². The Kier molecular flexibility index (Phi) is 7.01. The van der Waals surface area contributed by atoms with Crippen LogP contribution >= 0.6 is 0 Å². The van der Waals surface area contributed by atoms with Gasteiger partial charge in [0.05, 0.1) is 13.2 Å². The predicted octanol–water partition coefficient (Wildman–Crippen LogP) is 4.25. The maximum absolute atomic E-state index is 11.4. The molecule has 3 heteroatoms. The van der Waals surface area contributed by atoms with E-state index in [1.54, 1.807) is 19.1 Å². The summed E-state index contributed by atoms with van der Waals surface area (Å²) < 4.78 is 11.4. The van der Waals surface area contributed by atoms with Crippen LogP contribution in [0.25, 0.3) is 0 Å². The molecule has 0 radical (unpaired) electrons. The Bertz CT molecular complexity index is 399. The van der Waals surface area contributed by atoms with E-state index in [0.29, 0.717) is 24.5 Å². The molecule has 0 unspecified atom stereocenters. The average molecular weight is 264 g/mol. The van der Waals surface area contributed by atoms with Gasteiger partial charge in [0.15, 0.2) is 17.3 Å². The van der Waals surface area contributed by atoms with Crippen molar-refractivity contribution in [2.45, 2.75) is 46.5 Å². The molecule has 3 nitrogen and oxygen atoms in total. The number of benzene rings is 1. The third-order valence-corrected chi connectivity index (χ3v) is 2.86. The monoisotopic (exact) mass is 264 g/mol. The molecule has 0 aliphatic heterocycles. The fourth-order valence-corrected chi connectivity index (χ4v) is 1.61. The summed E-state index contributed by atoms with van der Waals surface area (Å²) in [7, 11) is 0. The van der Waals surface area contributed by atoms with Gasteiger partial charge in [-0.25, -0.2) is 0 Å². The summed E-state index contributed by atoms with van der Waals surface area (Å²) in [6, 6.07) is 5.39. The van der Waals surface area contributed by atoms with Crippen molar-refractivity contribution in [2.75, 3.05) is 13.2 Å². The van der Waals surface area contributed by atoms with Gasteiger partial charge in [0.2, 0.25) is 0 Å². The van der Waals surface area contributed by atoms with Gasteiger partial charge >= 0.3 is 0 Å². The van der Waals surface area contributed by atoms with Crippen molar-refractivity contribution >= 4 is 5.78 Å². The number of hydrogen-bond acceptors (Lipinski definition) is 3. The highest BCUT2D eigenvalue weighted by Gasteiger charge is 2.09. The van der Waals surface area contributed by atoms with Crippen LogP contribution < -0.4 is 9.47 Å². The first-order valence-electron chi connectivity index (χ1n) is 7.09. The second-order valence-electron chi connectivity index (χ2n) is 4.62. The predicted molar refractivity (Wildman–Crippen MR) is 77.3 cm³/mol. The molecular weight excluding hydrogens is 240 g/mol. The van der Waals surface area contributed by atoms with Crippen molar-refractivity contribution in [3.05, 3.63) is 23.8 Å². The zero-order chi connectivity index (χ0) is 14.1. The highest BCUT2D eigenvalue weighted by Crippen LogP contribution is 2.29. The fourth-order valence-electron chi connectivity index (χ4n) is 1.61. The zero-order valence-corrected chi connectivity index (χ0v) is 12.2. The minimum Gasteiger partial charge on any atom is -0.490 e. The van der Waals surface area contributed by atoms with Gasteiger partial charge in [0.25, 0.3) is 0 Å². The fraction of sp³-hybridized carbons (Fsp3) is 0.562. The van der Waals surface area contributed by atoms with Crippen LogP contribution in [0.2, 0.25) is 0 Å². The van der Waals surface area contributed by atoms with E-state index in [2.05, 4.69) is 13.8 Å². The lowest BCUT2D eigenvalue weighted by molar-refractivity contribution is 0.101. The summed E-state index contributed by atoms with van der Waals surface area (Å²) in [6.45, 7) is 7.14. The van der Waals surface area contributed by atoms with E-state index in [-0.39, 0.29) is 5.78 Å². The third kappa shape index (κ3) is 5.33. The maximum atomic E-state index is 11.4. The number of carbonyl (C=O) groups is 1. The minimum absolute atomic E-state index is 0.0421. The number of rotatable bonds is 9. The molecule has 0 heterocycles. The van der Waals surface area contributed by atoms with Crippen molar-refractivity contribution < 1.29 is 14.3 Å². The van der Waals surface area contributed by atoms with E-state index in [9.17, 15) is 4.79 Å². The number of ether oxygens (including phenoxy) is 2. The molecule has 0 amide bonds. The Morgan fingerprint density at radius 3 is 2.11 bits per heavy atom. The highest BCUT2D eigenvalue weighted by molar-refractivity contribution is 5.94. The molecule has 0 aliphatic rings. The van der Waals surface area contributed by atoms with E-state index in [0.717, 1.165) is 31.4 Å². The number of unbranched alkanes of at least 4 members (excludes halogenated alkanes) is 2. The molecule has 0 fully saturated rings. The van der Waals surface area contributed by atoms with Crippen molar-refractivity contribution in [1.82, 2.24) is 0 Å². The first-order chi connectivity index (χ1) is 9.19. The van der Waals surface area contributed by atoms with Crippen LogP contribution in [0.4, 0.5) is 0 Å². The molecule has 0 atom stereocenters. The second-order valence-corrected chi connectivity index (χ2v) is 4.62. The van der Waals surface area contributed by atoms with E-state index < -0.39 is 0 Å². The van der Waals surface area contributed by atoms with Gasteiger partial charge in [-0.15, -0.1) is 0 Å². The largest absolute Gasteiger partial charge is 0.490 e. The molecule has 0 aliphatic carbocycles. The van der Waals surface area contributed by atoms with Gasteiger partial charge in [-0.3, -0.25) is 4.79 Å². The number of carbonyl (C=O) groups excluding carboxylic acids is 1. The Labute approximate surface area is 115 Å². The summed E-state index contributed by atoms with van der Waals surface area (Å²) in [6.07, 6.45) is 4.19. The van der Waals surface area contributed by atoms with Crippen LogP contribution in [0.1, 0.15) is 56.8 Å². The van der Waals surface area contributed by atoms with Crippen LogP contribution in [-0.4, -0.2) is 19.0 Å². The first kappa shape index (κ1) is 15.5. The topological polar surface area (TPSA) is 35.5 Å². The summed E-state index contributed by atoms with van der Waals surface area (Å²) in [5.74, 6) is 1.45. The first-order valence-corrected chi connectivity index (χ1v) is 7.09. The third-order valence-electron chi connectivity index (χ3n) is 2.86. The van der Waals surface area contributed by atoms with E-state index in [4.69, 9.17) is 9.47 Å². The van der Waals surface area contributed by atoms with Crippen LogP contribution in [0.5, 0.6) is 11.5 Å². The SMILES string of the molecule is CCCCOc1ccc(C(C)=O)cc1OCCCC. The van der Waals surface area contributed by atoms with Gasteiger partial charge in [0, 0.05) is 5.56 Å². The van der Waals surface area contributed by atoms with Crippen molar-refractivity contribution in [3.8, 4) is 11.5 Å².